The number of nitrogens with zero attached hydrogens (tertiary/aromatic N) is 1. The van der Waals surface area contributed by atoms with Gasteiger partial charge < -0.3 is 15.0 Å². The number of ether oxygens (including phenoxy) is 1. The van der Waals surface area contributed by atoms with Gasteiger partial charge in [0.25, 0.3) is 0 Å². The summed E-state index contributed by atoms with van der Waals surface area (Å²) in [6, 6.07) is 0.303. The van der Waals surface area contributed by atoms with Crippen molar-refractivity contribution in [1.82, 2.24) is 10.2 Å². The van der Waals surface area contributed by atoms with Gasteiger partial charge in [0.1, 0.15) is 0 Å². The van der Waals surface area contributed by atoms with E-state index in [1.54, 1.807) is 0 Å². The normalized spacial score (nSPS) is 21.1. The van der Waals surface area contributed by atoms with Crippen molar-refractivity contribution in [1.29, 1.82) is 0 Å². The van der Waals surface area contributed by atoms with Crippen molar-refractivity contribution in [2.24, 2.45) is 0 Å². The Morgan fingerprint density at radius 1 is 1.64 bits per heavy atom. The lowest BCUT2D eigenvalue weighted by atomic mass is 10.2. The summed E-state index contributed by atoms with van der Waals surface area (Å²) < 4.78 is 5.25. The van der Waals surface area contributed by atoms with Gasteiger partial charge in [-0.05, 0) is 26.4 Å². The van der Waals surface area contributed by atoms with E-state index in [0.717, 1.165) is 26.0 Å². The Hall–Kier alpha value is -0.610. The van der Waals surface area contributed by atoms with Crippen LogP contribution in [0.1, 0.15) is 19.3 Å². The SMILES string of the molecule is CNCCCC(=O)N(C)C1CCOC1. The summed E-state index contributed by atoms with van der Waals surface area (Å²) >= 11 is 0. The molecule has 1 amide bonds. The molecule has 0 aliphatic carbocycles. The molecule has 4 nitrogen and oxygen atoms in total. The number of carbonyl (C=O) groups excluding carboxylic acids is 1. The molecule has 0 aromatic heterocycles. The van der Waals surface area contributed by atoms with E-state index in [9.17, 15) is 4.79 Å². The van der Waals surface area contributed by atoms with Crippen LogP contribution in [-0.2, 0) is 9.53 Å². The molecule has 0 radical (unpaired) electrons. The van der Waals surface area contributed by atoms with Crippen LogP contribution >= 0.6 is 0 Å². The standard InChI is InChI=1S/C10H20N2O2/c1-11-6-3-4-10(13)12(2)9-5-7-14-8-9/h9,11H,3-8H2,1-2H3. The lowest BCUT2D eigenvalue weighted by Crippen LogP contribution is -2.37. The Kier molecular flexibility index (Phi) is 4.90. The molecule has 1 rings (SSSR count). The lowest BCUT2D eigenvalue weighted by Gasteiger charge is -2.23. The molecule has 1 heterocycles. The number of carbonyl (C=O) groups is 1. The average molecular weight is 200 g/mol. The first kappa shape index (κ1) is 11.5. The minimum atomic E-state index is 0.232. The monoisotopic (exact) mass is 200 g/mol. The molecule has 0 saturated carbocycles. The molecule has 82 valence electrons. The summed E-state index contributed by atoms with van der Waals surface area (Å²) in [6.45, 7) is 2.40. The van der Waals surface area contributed by atoms with Gasteiger partial charge in [0.15, 0.2) is 0 Å². The third-order valence-corrected chi connectivity index (χ3v) is 2.66. The Balaban J connectivity index is 2.21. The van der Waals surface area contributed by atoms with E-state index in [4.69, 9.17) is 4.74 Å². The molecular formula is C10H20N2O2. The number of likely N-dealkylation sites (N-methyl/N-ethyl adjacent to an activating group) is 1. The molecule has 1 unspecified atom stereocenters. The van der Waals surface area contributed by atoms with Gasteiger partial charge in [0.2, 0.25) is 5.91 Å². The van der Waals surface area contributed by atoms with Crippen LogP contribution in [0.4, 0.5) is 0 Å². The largest absolute Gasteiger partial charge is 0.379 e. The van der Waals surface area contributed by atoms with Crippen LogP contribution < -0.4 is 5.32 Å². The fraction of sp³-hybridized carbons (Fsp3) is 0.900. The molecule has 4 heteroatoms. The van der Waals surface area contributed by atoms with Crippen LogP contribution in [0.3, 0.4) is 0 Å². The fourth-order valence-corrected chi connectivity index (χ4v) is 1.62. The van der Waals surface area contributed by atoms with Gasteiger partial charge in [0.05, 0.1) is 12.6 Å². The minimum absolute atomic E-state index is 0.232. The van der Waals surface area contributed by atoms with Gasteiger partial charge in [-0.15, -0.1) is 0 Å². The summed E-state index contributed by atoms with van der Waals surface area (Å²) in [4.78, 5) is 13.5. The summed E-state index contributed by atoms with van der Waals surface area (Å²) in [5, 5.41) is 3.04. The molecule has 0 bridgehead atoms. The van der Waals surface area contributed by atoms with E-state index in [1.165, 1.54) is 0 Å². The van der Waals surface area contributed by atoms with Crippen molar-refractivity contribution in [2.45, 2.75) is 25.3 Å². The van der Waals surface area contributed by atoms with Crippen LogP contribution in [0.15, 0.2) is 0 Å². The van der Waals surface area contributed by atoms with E-state index in [2.05, 4.69) is 5.32 Å². The molecule has 1 saturated heterocycles. The Morgan fingerprint density at radius 3 is 3.00 bits per heavy atom. The fourth-order valence-electron chi connectivity index (χ4n) is 1.62. The van der Waals surface area contributed by atoms with Crippen molar-refractivity contribution in [2.75, 3.05) is 33.9 Å². The third kappa shape index (κ3) is 3.27. The number of hydrogen-bond acceptors (Lipinski definition) is 3. The van der Waals surface area contributed by atoms with Crippen molar-refractivity contribution in [3.05, 3.63) is 0 Å². The molecule has 1 atom stereocenters. The van der Waals surface area contributed by atoms with Crippen molar-refractivity contribution in [3.63, 3.8) is 0 Å². The predicted molar refractivity (Wildman–Crippen MR) is 55.2 cm³/mol. The van der Waals surface area contributed by atoms with E-state index in [1.807, 2.05) is 19.0 Å². The number of hydrogen-bond donors (Lipinski definition) is 1. The van der Waals surface area contributed by atoms with E-state index >= 15 is 0 Å². The summed E-state index contributed by atoms with van der Waals surface area (Å²) in [6.07, 6.45) is 2.52. The highest BCUT2D eigenvalue weighted by molar-refractivity contribution is 5.76. The second-order valence-electron chi connectivity index (χ2n) is 3.73. The quantitative estimate of drug-likeness (QED) is 0.646. The Labute approximate surface area is 85.6 Å². The molecular weight excluding hydrogens is 180 g/mol. The zero-order valence-electron chi connectivity index (χ0n) is 9.08. The van der Waals surface area contributed by atoms with Crippen molar-refractivity contribution < 1.29 is 9.53 Å². The first-order chi connectivity index (χ1) is 6.75. The third-order valence-electron chi connectivity index (χ3n) is 2.66. The number of rotatable bonds is 5. The first-order valence-electron chi connectivity index (χ1n) is 5.23. The molecule has 1 fully saturated rings. The Morgan fingerprint density at radius 2 is 2.43 bits per heavy atom. The van der Waals surface area contributed by atoms with Crippen molar-refractivity contribution in [3.8, 4) is 0 Å². The molecule has 0 aromatic rings. The van der Waals surface area contributed by atoms with Gasteiger partial charge >= 0.3 is 0 Å². The summed E-state index contributed by atoms with van der Waals surface area (Å²) in [7, 11) is 3.78. The highest BCUT2D eigenvalue weighted by Crippen LogP contribution is 2.11. The number of amides is 1. The van der Waals surface area contributed by atoms with Crippen molar-refractivity contribution >= 4 is 5.91 Å². The van der Waals surface area contributed by atoms with Crippen LogP contribution in [0.2, 0.25) is 0 Å². The van der Waals surface area contributed by atoms with Gasteiger partial charge in [-0.25, -0.2) is 0 Å². The molecule has 0 aromatic carbocycles. The van der Waals surface area contributed by atoms with Gasteiger partial charge in [-0.1, -0.05) is 0 Å². The second kappa shape index (κ2) is 5.98. The lowest BCUT2D eigenvalue weighted by molar-refractivity contribution is -0.132. The maximum absolute atomic E-state index is 11.6. The van der Waals surface area contributed by atoms with E-state index in [0.29, 0.717) is 19.1 Å². The van der Waals surface area contributed by atoms with Crippen LogP contribution in [0, 0.1) is 0 Å². The van der Waals surface area contributed by atoms with Crippen LogP contribution in [0.5, 0.6) is 0 Å². The van der Waals surface area contributed by atoms with Gasteiger partial charge in [0, 0.05) is 20.1 Å². The van der Waals surface area contributed by atoms with E-state index < -0.39 is 0 Å². The average Bonchev–Trinajstić information content (AvgIpc) is 2.69. The smallest absolute Gasteiger partial charge is 0.222 e. The van der Waals surface area contributed by atoms with E-state index in [-0.39, 0.29) is 5.91 Å². The topological polar surface area (TPSA) is 41.6 Å². The van der Waals surface area contributed by atoms with Crippen LogP contribution in [0.25, 0.3) is 0 Å². The summed E-state index contributed by atoms with van der Waals surface area (Å²) in [5.41, 5.74) is 0. The van der Waals surface area contributed by atoms with Gasteiger partial charge in [-0.2, -0.15) is 0 Å². The van der Waals surface area contributed by atoms with Gasteiger partial charge in [-0.3, -0.25) is 4.79 Å². The summed E-state index contributed by atoms with van der Waals surface area (Å²) in [5.74, 6) is 0.232. The minimum Gasteiger partial charge on any atom is -0.379 e. The molecule has 0 spiro atoms. The highest BCUT2D eigenvalue weighted by atomic mass is 16.5. The molecule has 14 heavy (non-hydrogen) atoms. The van der Waals surface area contributed by atoms with Crippen LogP contribution in [-0.4, -0.2) is 50.7 Å². The number of nitrogens with one attached hydrogen (secondary N) is 1. The zero-order valence-corrected chi connectivity index (χ0v) is 9.08. The maximum atomic E-state index is 11.6. The zero-order chi connectivity index (χ0) is 10.4. The Bertz CT molecular complexity index is 179. The first-order valence-corrected chi connectivity index (χ1v) is 5.23. The maximum Gasteiger partial charge on any atom is 0.222 e. The second-order valence-corrected chi connectivity index (χ2v) is 3.73. The highest BCUT2D eigenvalue weighted by Gasteiger charge is 2.23. The molecule has 1 N–H and O–H groups in total. The molecule has 1 aliphatic heterocycles. The molecule has 1 aliphatic rings. The predicted octanol–water partition coefficient (Wildman–Crippen LogP) is 0.233.